The lowest BCUT2D eigenvalue weighted by molar-refractivity contribution is 0.272. The third kappa shape index (κ3) is 2.33. The van der Waals surface area contributed by atoms with Gasteiger partial charge in [0.05, 0.1) is 0 Å². The van der Waals surface area contributed by atoms with Crippen LogP contribution < -0.4 is 4.74 Å². The zero-order valence-corrected chi connectivity index (χ0v) is 8.41. The molecule has 0 spiro atoms. The summed E-state index contributed by atoms with van der Waals surface area (Å²) in [6.45, 7) is 1.61. The Morgan fingerprint density at radius 2 is 2.19 bits per heavy atom. The van der Waals surface area contributed by atoms with Gasteiger partial charge >= 0.3 is 0 Å². The normalized spacial score (nSPS) is 10.4. The number of hydrogen-bond acceptors (Lipinski definition) is 4. The molecule has 0 aliphatic carbocycles. The van der Waals surface area contributed by atoms with E-state index in [0.717, 1.165) is 12.1 Å². The van der Waals surface area contributed by atoms with E-state index in [1.807, 2.05) is 0 Å². The second kappa shape index (κ2) is 4.26. The van der Waals surface area contributed by atoms with Crippen molar-refractivity contribution in [3.05, 3.63) is 41.5 Å². The van der Waals surface area contributed by atoms with Crippen LogP contribution in [0.15, 0.2) is 22.7 Å². The molecule has 16 heavy (non-hydrogen) atoms. The first-order chi connectivity index (χ1) is 7.65. The Hall–Kier alpha value is -1.98. The molecule has 1 aromatic heterocycles. The third-order valence-electron chi connectivity index (χ3n) is 1.82. The van der Waals surface area contributed by atoms with Crippen LogP contribution in [0.25, 0.3) is 0 Å². The van der Waals surface area contributed by atoms with Crippen molar-refractivity contribution in [3.63, 3.8) is 0 Å². The van der Waals surface area contributed by atoms with Crippen LogP contribution in [0.5, 0.6) is 5.75 Å². The van der Waals surface area contributed by atoms with E-state index in [1.54, 1.807) is 6.92 Å². The van der Waals surface area contributed by atoms with Crippen molar-refractivity contribution >= 4 is 0 Å². The van der Waals surface area contributed by atoms with Crippen LogP contribution in [-0.2, 0) is 6.61 Å². The molecule has 4 nitrogen and oxygen atoms in total. The predicted molar refractivity (Wildman–Crippen MR) is 49.7 cm³/mol. The standard InChI is InChI=1S/C10H8F2N2O2/c1-6-13-10(14-16-6)5-15-9-3-2-7(11)4-8(9)12/h2-4H,5H2,1H3. The summed E-state index contributed by atoms with van der Waals surface area (Å²) in [6, 6.07) is 3.06. The van der Waals surface area contributed by atoms with Crippen molar-refractivity contribution in [2.24, 2.45) is 0 Å². The van der Waals surface area contributed by atoms with E-state index in [2.05, 4.69) is 10.1 Å². The van der Waals surface area contributed by atoms with Gasteiger partial charge in [-0.25, -0.2) is 8.78 Å². The van der Waals surface area contributed by atoms with Crippen LogP contribution >= 0.6 is 0 Å². The van der Waals surface area contributed by atoms with Crippen molar-refractivity contribution in [2.75, 3.05) is 0 Å². The van der Waals surface area contributed by atoms with Gasteiger partial charge in [-0.15, -0.1) is 0 Å². The molecule has 1 aromatic carbocycles. The van der Waals surface area contributed by atoms with Crippen LogP contribution in [0.3, 0.4) is 0 Å². The maximum atomic E-state index is 13.1. The molecule has 0 bridgehead atoms. The number of hydrogen-bond donors (Lipinski definition) is 0. The molecule has 84 valence electrons. The van der Waals surface area contributed by atoms with Gasteiger partial charge in [0.15, 0.2) is 18.2 Å². The van der Waals surface area contributed by atoms with E-state index >= 15 is 0 Å². The van der Waals surface area contributed by atoms with Crippen LogP contribution in [0.1, 0.15) is 11.7 Å². The molecular formula is C10H8F2N2O2. The zero-order valence-electron chi connectivity index (χ0n) is 8.41. The van der Waals surface area contributed by atoms with Crippen LogP contribution in [0.2, 0.25) is 0 Å². The average Bonchev–Trinajstić information content (AvgIpc) is 2.63. The summed E-state index contributed by atoms with van der Waals surface area (Å²) in [7, 11) is 0. The maximum Gasteiger partial charge on any atom is 0.223 e. The summed E-state index contributed by atoms with van der Waals surface area (Å²) < 4.78 is 35.5. The van der Waals surface area contributed by atoms with Crippen LogP contribution in [0.4, 0.5) is 8.78 Å². The fraction of sp³-hybridized carbons (Fsp3) is 0.200. The Bertz CT molecular complexity index is 499. The number of nitrogens with zero attached hydrogens (tertiary/aromatic N) is 2. The highest BCUT2D eigenvalue weighted by atomic mass is 19.1. The highest BCUT2D eigenvalue weighted by molar-refractivity contribution is 5.24. The van der Waals surface area contributed by atoms with Gasteiger partial charge in [-0.1, -0.05) is 5.16 Å². The fourth-order valence-electron chi connectivity index (χ4n) is 1.13. The van der Waals surface area contributed by atoms with Gasteiger partial charge in [-0.3, -0.25) is 0 Å². The number of halogens is 2. The number of benzene rings is 1. The van der Waals surface area contributed by atoms with Crippen LogP contribution in [0, 0.1) is 18.6 Å². The predicted octanol–water partition coefficient (Wildman–Crippen LogP) is 2.24. The minimum Gasteiger partial charge on any atom is -0.482 e. The average molecular weight is 226 g/mol. The molecule has 0 aliphatic heterocycles. The van der Waals surface area contributed by atoms with Crippen molar-refractivity contribution in [1.29, 1.82) is 0 Å². The smallest absolute Gasteiger partial charge is 0.223 e. The summed E-state index contributed by atoms with van der Waals surface area (Å²) in [5.74, 6) is -0.760. The molecule has 2 rings (SSSR count). The minimum absolute atomic E-state index is 0.0279. The molecule has 0 saturated carbocycles. The molecule has 0 fully saturated rings. The van der Waals surface area contributed by atoms with E-state index in [0.29, 0.717) is 11.7 Å². The first-order valence-corrected chi connectivity index (χ1v) is 4.52. The number of aryl methyl sites for hydroxylation is 1. The van der Waals surface area contributed by atoms with Crippen molar-refractivity contribution in [3.8, 4) is 5.75 Å². The Morgan fingerprint density at radius 1 is 1.38 bits per heavy atom. The monoisotopic (exact) mass is 226 g/mol. The van der Waals surface area contributed by atoms with Gasteiger partial charge in [-0.05, 0) is 12.1 Å². The summed E-state index contributed by atoms with van der Waals surface area (Å²) in [4.78, 5) is 3.87. The molecule has 0 atom stereocenters. The quantitative estimate of drug-likeness (QED) is 0.805. The van der Waals surface area contributed by atoms with Gasteiger partial charge in [0, 0.05) is 13.0 Å². The number of aromatic nitrogens is 2. The largest absolute Gasteiger partial charge is 0.482 e. The van der Waals surface area contributed by atoms with Crippen molar-refractivity contribution in [2.45, 2.75) is 13.5 Å². The lowest BCUT2D eigenvalue weighted by atomic mass is 10.3. The molecule has 0 saturated heterocycles. The summed E-state index contributed by atoms with van der Waals surface area (Å²) in [6.07, 6.45) is 0. The van der Waals surface area contributed by atoms with Crippen LogP contribution in [-0.4, -0.2) is 10.1 Å². The first kappa shape index (κ1) is 10.5. The fourth-order valence-corrected chi connectivity index (χ4v) is 1.13. The van der Waals surface area contributed by atoms with Crippen molar-refractivity contribution in [1.82, 2.24) is 10.1 Å². The van der Waals surface area contributed by atoms with E-state index in [9.17, 15) is 8.78 Å². The zero-order chi connectivity index (χ0) is 11.5. The first-order valence-electron chi connectivity index (χ1n) is 4.52. The van der Waals surface area contributed by atoms with Gasteiger partial charge in [0.1, 0.15) is 5.82 Å². The second-order valence-electron chi connectivity index (χ2n) is 3.09. The highest BCUT2D eigenvalue weighted by Crippen LogP contribution is 2.18. The van der Waals surface area contributed by atoms with Crippen molar-refractivity contribution < 1.29 is 18.0 Å². The van der Waals surface area contributed by atoms with E-state index in [-0.39, 0.29) is 12.4 Å². The summed E-state index contributed by atoms with van der Waals surface area (Å²) in [5.41, 5.74) is 0. The second-order valence-corrected chi connectivity index (χ2v) is 3.09. The number of ether oxygens (including phenoxy) is 1. The molecule has 1 heterocycles. The van der Waals surface area contributed by atoms with E-state index in [4.69, 9.17) is 9.26 Å². The molecule has 0 amide bonds. The highest BCUT2D eigenvalue weighted by Gasteiger charge is 2.07. The summed E-state index contributed by atoms with van der Waals surface area (Å²) in [5, 5.41) is 3.57. The molecule has 0 unspecified atom stereocenters. The van der Waals surface area contributed by atoms with Gasteiger partial charge in [0.25, 0.3) is 0 Å². The van der Waals surface area contributed by atoms with Gasteiger partial charge < -0.3 is 9.26 Å². The molecule has 0 radical (unpaired) electrons. The Kier molecular flexibility index (Phi) is 2.80. The van der Waals surface area contributed by atoms with Gasteiger partial charge in [0.2, 0.25) is 11.7 Å². The summed E-state index contributed by atoms with van der Waals surface area (Å²) >= 11 is 0. The SMILES string of the molecule is Cc1nc(COc2ccc(F)cc2F)no1. The van der Waals surface area contributed by atoms with E-state index in [1.165, 1.54) is 6.07 Å². The lowest BCUT2D eigenvalue weighted by Gasteiger charge is -2.03. The molecule has 2 aromatic rings. The molecule has 0 aliphatic rings. The maximum absolute atomic E-state index is 13.1. The molecule has 6 heteroatoms. The lowest BCUT2D eigenvalue weighted by Crippen LogP contribution is -1.99. The number of rotatable bonds is 3. The Morgan fingerprint density at radius 3 is 2.81 bits per heavy atom. The molecule has 0 N–H and O–H groups in total. The Labute approximate surface area is 89.8 Å². The minimum atomic E-state index is -0.764. The molecular weight excluding hydrogens is 218 g/mol. The van der Waals surface area contributed by atoms with E-state index < -0.39 is 11.6 Å². The van der Waals surface area contributed by atoms with Gasteiger partial charge in [-0.2, -0.15) is 4.98 Å². The topological polar surface area (TPSA) is 48.2 Å². The third-order valence-corrected chi connectivity index (χ3v) is 1.82. The Balaban J connectivity index is 2.04.